The minimum atomic E-state index is 0.466. The predicted molar refractivity (Wildman–Crippen MR) is 72.6 cm³/mol. The maximum Gasteiger partial charge on any atom is 0.0739 e. The van der Waals surface area contributed by atoms with Crippen molar-refractivity contribution < 1.29 is 4.74 Å². The highest BCUT2D eigenvalue weighted by Crippen LogP contribution is 2.26. The van der Waals surface area contributed by atoms with E-state index in [9.17, 15) is 0 Å². The van der Waals surface area contributed by atoms with Crippen LogP contribution in [0.15, 0.2) is 18.2 Å². The SMILES string of the molecule is Nc1c(Cl)cccc1NCCOC1CCCC1. The quantitative estimate of drug-likeness (QED) is 0.626. The number of nitrogens with two attached hydrogens (primary N) is 1. The number of anilines is 2. The van der Waals surface area contributed by atoms with Crippen LogP contribution in [0.3, 0.4) is 0 Å². The van der Waals surface area contributed by atoms with Crippen LogP contribution in [0.5, 0.6) is 0 Å². The van der Waals surface area contributed by atoms with Crippen molar-refractivity contribution in [3.8, 4) is 0 Å². The van der Waals surface area contributed by atoms with E-state index < -0.39 is 0 Å². The molecule has 0 unspecified atom stereocenters. The molecule has 1 saturated carbocycles. The number of nitrogens with one attached hydrogen (secondary N) is 1. The average Bonchev–Trinajstić information content (AvgIpc) is 2.83. The van der Waals surface area contributed by atoms with Crippen LogP contribution in [0.25, 0.3) is 0 Å². The summed E-state index contributed by atoms with van der Waals surface area (Å²) in [6.07, 6.45) is 5.49. The normalized spacial score (nSPS) is 16.3. The van der Waals surface area contributed by atoms with Crippen molar-refractivity contribution in [3.63, 3.8) is 0 Å². The first kappa shape index (κ1) is 12.5. The van der Waals surface area contributed by atoms with Crippen LogP contribution < -0.4 is 11.1 Å². The first-order chi connectivity index (χ1) is 8.27. The number of ether oxygens (including phenoxy) is 1. The van der Waals surface area contributed by atoms with Gasteiger partial charge in [0.2, 0.25) is 0 Å². The number of para-hydroxylation sites is 1. The van der Waals surface area contributed by atoms with Crippen molar-refractivity contribution in [1.29, 1.82) is 0 Å². The summed E-state index contributed by atoms with van der Waals surface area (Å²) in [5, 5.41) is 3.83. The number of rotatable bonds is 5. The van der Waals surface area contributed by atoms with Crippen LogP contribution in [0.2, 0.25) is 5.02 Å². The fourth-order valence-electron chi connectivity index (χ4n) is 2.16. The van der Waals surface area contributed by atoms with Gasteiger partial charge < -0.3 is 15.8 Å². The Kier molecular flexibility index (Phi) is 4.51. The maximum absolute atomic E-state index is 5.93. The molecule has 0 spiro atoms. The Bertz CT molecular complexity index is 364. The summed E-state index contributed by atoms with van der Waals surface area (Å²) in [4.78, 5) is 0. The summed E-state index contributed by atoms with van der Waals surface area (Å²) in [6.45, 7) is 1.48. The Balaban J connectivity index is 1.72. The van der Waals surface area contributed by atoms with E-state index in [1.807, 2.05) is 12.1 Å². The molecule has 1 fully saturated rings. The molecule has 0 saturated heterocycles. The smallest absolute Gasteiger partial charge is 0.0739 e. The molecule has 0 amide bonds. The van der Waals surface area contributed by atoms with Gasteiger partial charge in [-0.15, -0.1) is 0 Å². The van der Waals surface area contributed by atoms with Crippen molar-refractivity contribution in [2.45, 2.75) is 31.8 Å². The minimum absolute atomic E-state index is 0.466. The number of nitrogen functional groups attached to an aromatic ring is 1. The van der Waals surface area contributed by atoms with E-state index in [-0.39, 0.29) is 0 Å². The second-order valence-electron chi connectivity index (χ2n) is 4.41. The third-order valence-electron chi connectivity index (χ3n) is 3.13. The first-order valence-electron chi connectivity index (χ1n) is 6.17. The second kappa shape index (κ2) is 6.12. The molecule has 0 heterocycles. The van der Waals surface area contributed by atoms with E-state index in [1.165, 1.54) is 25.7 Å². The Hall–Kier alpha value is -0.930. The topological polar surface area (TPSA) is 47.3 Å². The molecule has 17 heavy (non-hydrogen) atoms. The number of hydrogen-bond acceptors (Lipinski definition) is 3. The highest BCUT2D eigenvalue weighted by Gasteiger charge is 2.14. The van der Waals surface area contributed by atoms with Gasteiger partial charge in [0.25, 0.3) is 0 Å². The molecule has 1 aliphatic carbocycles. The first-order valence-corrected chi connectivity index (χ1v) is 6.54. The molecule has 3 nitrogen and oxygen atoms in total. The predicted octanol–water partition coefficient (Wildman–Crippen LogP) is 3.29. The number of hydrogen-bond donors (Lipinski definition) is 2. The monoisotopic (exact) mass is 254 g/mol. The Labute approximate surface area is 107 Å². The second-order valence-corrected chi connectivity index (χ2v) is 4.81. The lowest BCUT2D eigenvalue weighted by molar-refractivity contribution is 0.0659. The van der Waals surface area contributed by atoms with Gasteiger partial charge in [-0.2, -0.15) is 0 Å². The van der Waals surface area contributed by atoms with Gasteiger partial charge in [-0.05, 0) is 25.0 Å². The summed E-state index contributed by atoms with van der Waals surface area (Å²) in [5.41, 5.74) is 7.34. The van der Waals surface area contributed by atoms with Crippen molar-refractivity contribution in [1.82, 2.24) is 0 Å². The van der Waals surface area contributed by atoms with Crippen LogP contribution >= 0.6 is 11.6 Å². The summed E-state index contributed by atoms with van der Waals surface area (Å²) in [6, 6.07) is 5.60. The van der Waals surface area contributed by atoms with Gasteiger partial charge in [-0.25, -0.2) is 0 Å². The Morgan fingerprint density at radius 3 is 2.88 bits per heavy atom. The van der Waals surface area contributed by atoms with E-state index in [0.717, 1.165) is 18.8 Å². The van der Waals surface area contributed by atoms with E-state index in [1.54, 1.807) is 6.07 Å². The van der Waals surface area contributed by atoms with Gasteiger partial charge in [0, 0.05) is 6.54 Å². The highest BCUT2D eigenvalue weighted by atomic mass is 35.5. The van der Waals surface area contributed by atoms with Crippen molar-refractivity contribution >= 4 is 23.0 Å². The molecule has 1 aromatic carbocycles. The zero-order chi connectivity index (χ0) is 12.1. The average molecular weight is 255 g/mol. The molecule has 0 radical (unpaired) electrons. The van der Waals surface area contributed by atoms with Crippen molar-refractivity contribution in [3.05, 3.63) is 23.2 Å². The lowest BCUT2D eigenvalue weighted by Gasteiger charge is -2.13. The fraction of sp³-hybridized carbons (Fsp3) is 0.538. The molecule has 3 N–H and O–H groups in total. The van der Waals surface area contributed by atoms with Gasteiger partial charge in [-0.1, -0.05) is 30.5 Å². The zero-order valence-corrected chi connectivity index (χ0v) is 10.7. The van der Waals surface area contributed by atoms with Crippen molar-refractivity contribution in [2.75, 3.05) is 24.2 Å². The molecule has 2 rings (SSSR count). The molecule has 0 aromatic heterocycles. The summed E-state index contributed by atoms with van der Waals surface area (Å²) < 4.78 is 5.76. The summed E-state index contributed by atoms with van der Waals surface area (Å²) in [7, 11) is 0. The van der Waals surface area contributed by atoms with Crippen LogP contribution in [0.1, 0.15) is 25.7 Å². The zero-order valence-electron chi connectivity index (χ0n) is 9.92. The molecule has 1 aliphatic rings. The van der Waals surface area contributed by atoms with E-state index in [4.69, 9.17) is 22.1 Å². The molecule has 0 aliphatic heterocycles. The lowest BCUT2D eigenvalue weighted by Crippen LogP contribution is -2.15. The molecular weight excluding hydrogens is 236 g/mol. The molecule has 0 atom stereocenters. The Morgan fingerprint density at radius 1 is 1.35 bits per heavy atom. The van der Waals surface area contributed by atoms with Gasteiger partial charge in [0.1, 0.15) is 0 Å². The standard InChI is InChI=1S/C13H19ClN2O/c14-11-6-3-7-12(13(11)15)16-8-9-17-10-4-1-2-5-10/h3,6-7,10,16H,1-2,4-5,8-9,15H2. The third kappa shape index (κ3) is 3.51. The molecule has 4 heteroatoms. The van der Waals surface area contributed by atoms with Crippen LogP contribution in [-0.4, -0.2) is 19.3 Å². The van der Waals surface area contributed by atoms with Crippen LogP contribution in [-0.2, 0) is 4.74 Å². The van der Waals surface area contributed by atoms with Crippen LogP contribution in [0, 0.1) is 0 Å². The van der Waals surface area contributed by atoms with Crippen LogP contribution in [0.4, 0.5) is 11.4 Å². The highest BCUT2D eigenvalue weighted by molar-refractivity contribution is 6.33. The number of benzene rings is 1. The van der Waals surface area contributed by atoms with Gasteiger partial charge in [0.05, 0.1) is 29.1 Å². The minimum Gasteiger partial charge on any atom is -0.396 e. The van der Waals surface area contributed by atoms with Gasteiger partial charge in [-0.3, -0.25) is 0 Å². The third-order valence-corrected chi connectivity index (χ3v) is 3.46. The van der Waals surface area contributed by atoms with Gasteiger partial charge >= 0.3 is 0 Å². The number of halogens is 1. The van der Waals surface area contributed by atoms with E-state index >= 15 is 0 Å². The maximum atomic E-state index is 5.93. The molecule has 94 valence electrons. The molecule has 1 aromatic rings. The fourth-order valence-corrected chi connectivity index (χ4v) is 2.33. The van der Waals surface area contributed by atoms with Crippen molar-refractivity contribution in [2.24, 2.45) is 0 Å². The molecule has 0 bridgehead atoms. The molecular formula is C13H19ClN2O. The Morgan fingerprint density at radius 2 is 2.12 bits per heavy atom. The lowest BCUT2D eigenvalue weighted by atomic mass is 10.2. The largest absolute Gasteiger partial charge is 0.396 e. The van der Waals surface area contributed by atoms with Gasteiger partial charge in [0.15, 0.2) is 0 Å². The van der Waals surface area contributed by atoms with E-state index in [2.05, 4.69) is 5.32 Å². The summed E-state index contributed by atoms with van der Waals surface area (Å²) in [5.74, 6) is 0. The van der Waals surface area contributed by atoms with E-state index in [0.29, 0.717) is 16.8 Å². The summed E-state index contributed by atoms with van der Waals surface area (Å²) >= 11 is 5.93.